The molecule has 11 heavy (non-hydrogen) atoms. The average molecular weight is 327 g/mol. The summed E-state index contributed by atoms with van der Waals surface area (Å²) in [6.07, 6.45) is 0.433. The van der Waals surface area contributed by atoms with Gasteiger partial charge in [-0.05, 0) is 0 Å². The van der Waals surface area contributed by atoms with Gasteiger partial charge in [0.2, 0.25) is 0 Å². The molecule has 0 saturated carbocycles. The van der Waals surface area contributed by atoms with Crippen LogP contribution in [0.1, 0.15) is 13.8 Å². The maximum atomic E-state index is 11.2. The Bertz CT molecular complexity index is 206. The van der Waals surface area contributed by atoms with E-state index in [1.807, 2.05) is 0 Å². The van der Waals surface area contributed by atoms with E-state index in [-0.39, 0.29) is 0 Å². The third-order valence-electron chi connectivity index (χ3n) is 0.967. The van der Waals surface area contributed by atoms with E-state index >= 15 is 0 Å². The molecule has 0 aromatic rings. The number of urea groups is 1. The minimum atomic E-state index is -0.597. The zero-order valence-electron chi connectivity index (χ0n) is 7.40. The van der Waals surface area contributed by atoms with E-state index in [0.717, 1.165) is 29.6 Å². The van der Waals surface area contributed by atoms with Gasteiger partial charge in [0.15, 0.2) is 0 Å². The van der Waals surface area contributed by atoms with Crippen LogP contribution >= 0.6 is 0 Å². The molecular formula is C6H10N2O2W. The summed E-state index contributed by atoms with van der Waals surface area (Å²) in [5.74, 6) is 0. The van der Waals surface area contributed by atoms with Crippen molar-refractivity contribution in [3.05, 3.63) is 0 Å². The van der Waals surface area contributed by atoms with Gasteiger partial charge in [0.1, 0.15) is 0 Å². The van der Waals surface area contributed by atoms with Crippen molar-refractivity contribution in [1.82, 2.24) is 10.2 Å². The monoisotopic (exact) mass is 327 g/mol. The molecule has 0 aliphatic heterocycles. The molecule has 4 nitrogen and oxygen atoms in total. The fourth-order valence-electron chi connectivity index (χ4n) is 0.454. The molecule has 0 aromatic carbocycles. The Morgan fingerprint density at radius 1 is 1.91 bits per heavy atom. The maximum absolute atomic E-state index is 11.2. The number of nitrogens with one attached hydrogen (secondary N) is 1. The van der Waals surface area contributed by atoms with Gasteiger partial charge in [-0.15, -0.1) is 0 Å². The van der Waals surface area contributed by atoms with E-state index in [4.69, 9.17) is 1.41 Å². The summed E-state index contributed by atoms with van der Waals surface area (Å²) in [5, 5.41) is 0.729. The molecule has 1 N–H and O–H groups in total. The Hall–Kier alpha value is -0.502. The van der Waals surface area contributed by atoms with E-state index in [9.17, 15) is 9.59 Å². The van der Waals surface area contributed by atoms with Crippen LogP contribution in [-0.4, -0.2) is 27.9 Å². The van der Waals surface area contributed by atoms with Gasteiger partial charge in [-0.1, -0.05) is 0 Å². The van der Waals surface area contributed by atoms with Crippen LogP contribution in [0.2, 0.25) is 1.41 Å². The fraction of sp³-hybridized carbons (Fsp3) is 0.500. The third kappa shape index (κ3) is 4.04. The van der Waals surface area contributed by atoms with Crippen LogP contribution in [0.3, 0.4) is 0 Å². The van der Waals surface area contributed by atoms with E-state index in [2.05, 4.69) is 0 Å². The van der Waals surface area contributed by atoms with Crippen molar-refractivity contribution in [3.63, 3.8) is 0 Å². The summed E-state index contributed by atoms with van der Waals surface area (Å²) in [6.45, 7) is 3.64. The van der Waals surface area contributed by atoms with Gasteiger partial charge in [0.05, 0.1) is 0 Å². The molecule has 0 bridgehead atoms. The second kappa shape index (κ2) is 5.19. The van der Waals surface area contributed by atoms with Gasteiger partial charge in [-0.25, -0.2) is 0 Å². The molecule has 0 aliphatic rings. The first kappa shape index (κ1) is 8.59. The van der Waals surface area contributed by atoms with Crippen LogP contribution in [-0.2, 0) is 24.1 Å². The van der Waals surface area contributed by atoms with Gasteiger partial charge in [-0.3, -0.25) is 0 Å². The molecule has 0 rings (SSSR count). The van der Waals surface area contributed by atoms with Crippen molar-refractivity contribution in [2.75, 3.05) is 6.54 Å². The summed E-state index contributed by atoms with van der Waals surface area (Å²) in [4.78, 5) is 22.4. The zero-order valence-corrected chi connectivity index (χ0v) is 9.34. The summed E-state index contributed by atoms with van der Waals surface area (Å²) in [6, 6.07) is -0.597. The predicted octanol–water partition coefficient (Wildman–Crippen LogP) is -0.129. The fourth-order valence-corrected chi connectivity index (χ4v) is 0.734. The molecule has 0 heterocycles. The molecule has 3 amide bonds. The van der Waals surface area contributed by atoms with E-state index in [0.29, 0.717) is 17.0 Å². The van der Waals surface area contributed by atoms with Crippen LogP contribution in [0.15, 0.2) is 0 Å². The number of imide groups is 1. The van der Waals surface area contributed by atoms with Crippen molar-refractivity contribution in [1.29, 1.82) is 0 Å². The molecule has 0 saturated heterocycles. The standard InChI is InChI=1S/C6H10N2O2.W/c1-3-7-6(10)8(4-2)5-9;/h5H,4H2,1-2H3,(H,7,10);/i/hD. The van der Waals surface area contributed by atoms with Gasteiger partial charge in [-0.2, -0.15) is 0 Å². The Morgan fingerprint density at radius 2 is 2.45 bits per heavy atom. The molecule has 0 fully saturated rings. The molecule has 0 aliphatic carbocycles. The number of amides is 3. The molecule has 0 unspecified atom stereocenters. The normalized spacial score (nSPS) is 9.82. The molecule has 0 radical (unpaired) electrons. The van der Waals surface area contributed by atoms with Crippen molar-refractivity contribution in [3.8, 4) is 0 Å². The Morgan fingerprint density at radius 3 is 2.73 bits per heavy atom. The number of rotatable bonds is 3. The number of nitrogens with zero attached hydrogens (tertiary/aromatic N) is 1. The summed E-state index contributed by atoms with van der Waals surface area (Å²) in [7, 11) is 0. The summed E-state index contributed by atoms with van der Waals surface area (Å²) >= 11 is 1.04. The van der Waals surface area contributed by atoms with Crippen LogP contribution < -0.4 is 5.31 Å². The Labute approximate surface area is 77.8 Å². The predicted molar refractivity (Wildman–Crippen MR) is 37.7 cm³/mol. The van der Waals surface area contributed by atoms with E-state index < -0.39 is 6.03 Å². The second-order valence-electron chi connectivity index (χ2n) is 1.80. The minimum absolute atomic E-state index is 0.292. The number of carbonyl (C=O) groups is 2. The van der Waals surface area contributed by atoms with Crippen LogP contribution in [0.4, 0.5) is 4.79 Å². The van der Waals surface area contributed by atoms with Crippen LogP contribution in [0.5, 0.6) is 0 Å². The van der Waals surface area contributed by atoms with Gasteiger partial charge in [0, 0.05) is 0 Å². The topological polar surface area (TPSA) is 49.4 Å². The average Bonchev–Trinajstić information content (AvgIpc) is 2.05. The first-order chi connectivity index (χ1) is 5.54. The number of hydrogen-bond acceptors (Lipinski definition) is 2. The van der Waals surface area contributed by atoms with Crippen molar-refractivity contribution >= 4 is 16.5 Å². The van der Waals surface area contributed by atoms with Crippen LogP contribution in [0, 0.1) is 0 Å². The zero-order chi connectivity index (χ0) is 9.72. The van der Waals surface area contributed by atoms with E-state index in [1.54, 1.807) is 13.8 Å². The summed E-state index contributed by atoms with van der Waals surface area (Å²) in [5.41, 5.74) is 0. The van der Waals surface area contributed by atoms with Gasteiger partial charge >= 0.3 is 77.4 Å². The van der Waals surface area contributed by atoms with Crippen LogP contribution in [0.25, 0.3) is 0 Å². The molecular weight excluding hydrogens is 316 g/mol. The summed E-state index contributed by atoms with van der Waals surface area (Å²) < 4.78 is 7.85. The second-order valence-corrected chi connectivity index (χ2v) is 3.93. The Balaban J connectivity index is 4.35. The molecule has 5 heteroatoms. The van der Waals surface area contributed by atoms with E-state index in [1.165, 1.54) is 0 Å². The van der Waals surface area contributed by atoms with Crippen molar-refractivity contribution in [2.24, 2.45) is 0 Å². The molecule has 0 spiro atoms. The quantitative estimate of drug-likeness (QED) is 0.735. The molecule has 0 atom stereocenters. The molecule has 62 valence electrons. The first-order valence-electron chi connectivity index (χ1n) is 3.54. The van der Waals surface area contributed by atoms with Crippen molar-refractivity contribution in [2.45, 2.75) is 13.8 Å². The van der Waals surface area contributed by atoms with Gasteiger partial charge < -0.3 is 0 Å². The number of hydrogen-bond donors (Lipinski definition) is 1. The van der Waals surface area contributed by atoms with Gasteiger partial charge in [0.25, 0.3) is 0 Å². The number of carbonyl (C=O) groups excluding carboxylic acids is 2. The first-order valence-corrected chi connectivity index (χ1v) is 4.56. The molecule has 0 aromatic heterocycles. The van der Waals surface area contributed by atoms with Crippen molar-refractivity contribution < 1.29 is 30.4 Å². The Kier molecular flexibility index (Phi) is 4.05. The SMILES string of the molecule is [2H]N(C(=O)N(C=O)CC)[C](C)=[W]. The third-order valence-corrected chi connectivity index (χ3v) is 1.29.